The van der Waals surface area contributed by atoms with Crippen LogP contribution in [0, 0.1) is 11.8 Å². The highest BCUT2D eigenvalue weighted by molar-refractivity contribution is 6.00. The zero-order valence-electron chi connectivity index (χ0n) is 12.6. The average Bonchev–Trinajstić information content (AvgIpc) is 2.43. The van der Waals surface area contributed by atoms with Crippen molar-refractivity contribution < 1.29 is 14.7 Å². The lowest BCUT2D eigenvalue weighted by Crippen LogP contribution is -2.19. The van der Waals surface area contributed by atoms with Crippen LogP contribution in [0.2, 0.25) is 0 Å². The second-order valence-corrected chi connectivity index (χ2v) is 5.52. The first-order valence-corrected chi connectivity index (χ1v) is 7.28. The van der Waals surface area contributed by atoms with E-state index in [0.717, 1.165) is 12.8 Å². The molecule has 0 bridgehead atoms. The van der Waals surface area contributed by atoms with Crippen LogP contribution in [0.3, 0.4) is 0 Å². The van der Waals surface area contributed by atoms with Gasteiger partial charge in [-0.15, -0.1) is 0 Å². The Hall–Kier alpha value is -1.88. The van der Waals surface area contributed by atoms with Gasteiger partial charge >= 0.3 is 5.97 Å². The molecule has 1 aromatic rings. The van der Waals surface area contributed by atoms with Gasteiger partial charge in [0.2, 0.25) is 5.91 Å². The molecule has 0 aromatic heterocycles. The number of hydrogen-bond donors (Lipinski definition) is 3. The summed E-state index contributed by atoms with van der Waals surface area (Å²) in [6, 6.07) is 6.41. The molecule has 1 rings (SSSR count). The van der Waals surface area contributed by atoms with Crippen LogP contribution in [0.15, 0.2) is 24.3 Å². The Morgan fingerprint density at radius 1 is 1.24 bits per heavy atom. The molecule has 21 heavy (non-hydrogen) atoms. The summed E-state index contributed by atoms with van der Waals surface area (Å²) in [5.41, 5.74) is 6.03. The van der Waals surface area contributed by atoms with Gasteiger partial charge in [-0.25, -0.2) is 4.79 Å². The smallest absolute Gasteiger partial charge is 0.337 e. The molecule has 1 amide bonds. The van der Waals surface area contributed by atoms with E-state index in [9.17, 15) is 9.59 Å². The molecule has 5 nitrogen and oxygen atoms in total. The van der Waals surface area contributed by atoms with Gasteiger partial charge in [-0.3, -0.25) is 4.79 Å². The van der Waals surface area contributed by atoms with Crippen LogP contribution in [-0.4, -0.2) is 23.5 Å². The maximum Gasteiger partial charge on any atom is 0.337 e. The Morgan fingerprint density at radius 2 is 1.90 bits per heavy atom. The summed E-state index contributed by atoms with van der Waals surface area (Å²) in [6.07, 6.45) is 2.03. The molecule has 5 heteroatoms. The first-order valence-electron chi connectivity index (χ1n) is 7.28. The Balaban J connectivity index is 2.60. The fourth-order valence-electron chi connectivity index (χ4n) is 2.33. The number of aromatic carboxylic acids is 1. The Kier molecular flexibility index (Phi) is 6.88. The van der Waals surface area contributed by atoms with Gasteiger partial charge in [0.1, 0.15) is 0 Å². The highest BCUT2D eigenvalue weighted by Crippen LogP contribution is 2.21. The van der Waals surface area contributed by atoms with Crippen molar-refractivity contribution in [3.05, 3.63) is 29.8 Å². The molecular formula is C16H24N2O3. The molecular weight excluding hydrogens is 268 g/mol. The molecule has 4 N–H and O–H groups in total. The molecule has 1 atom stereocenters. The van der Waals surface area contributed by atoms with E-state index in [2.05, 4.69) is 19.2 Å². The van der Waals surface area contributed by atoms with Gasteiger partial charge in [-0.2, -0.15) is 0 Å². The zero-order valence-corrected chi connectivity index (χ0v) is 12.6. The van der Waals surface area contributed by atoms with Gasteiger partial charge in [0.25, 0.3) is 0 Å². The number of carbonyl (C=O) groups excluding carboxylic acids is 1. The molecule has 0 aliphatic rings. The van der Waals surface area contributed by atoms with Crippen LogP contribution in [0.5, 0.6) is 0 Å². The fourth-order valence-corrected chi connectivity index (χ4v) is 2.33. The number of carbonyl (C=O) groups is 2. The third-order valence-electron chi connectivity index (χ3n) is 3.65. The molecule has 0 fully saturated rings. The molecule has 0 saturated heterocycles. The van der Waals surface area contributed by atoms with E-state index < -0.39 is 5.97 Å². The lowest BCUT2D eigenvalue weighted by molar-refractivity contribution is -0.116. The van der Waals surface area contributed by atoms with Gasteiger partial charge in [-0.05, 0) is 43.4 Å². The second-order valence-electron chi connectivity index (χ2n) is 5.52. The minimum Gasteiger partial charge on any atom is -0.478 e. The highest BCUT2D eigenvalue weighted by Gasteiger charge is 2.16. The lowest BCUT2D eigenvalue weighted by atomic mass is 9.88. The van der Waals surface area contributed by atoms with Crippen LogP contribution in [0.1, 0.15) is 43.5 Å². The number of carboxylic acids is 1. The molecule has 1 aromatic carbocycles. The van der Waals surface area contributed by atoms with Crippen molar-refractivity contribution in [2.24, 2.45) is 17.6 Å². The van der Waals surface area contributed by atoms with Crippen molar-refractivity contribution >= 4 is 17.6 Å². The van der Waals surface area contributed by atoms with E-state index in [1.165, 1.54) is 6.07 Å². The number of nitrogens with two attached hydrogens (primary N) is 1. The first-order chi connectivity index (χ1) is 9.95. The summed E-state index contributed by atoms with van der Waals surface area (Å²) >= 11 is 0. The Labute approximate surface area is 125 Å². The van der Waals surface area contributed by atoms with Crippen molar-refractivity contribution in [3.63, 3.8) is 0 Å². The number of benzene rings is 1. The summed E-state index contributed by atoms with van der Waals surface area (Å²) in [4.78, 5) is 23.1. The van der Waals surface area contributed by atoms with E-state index >= 15 is 0 Å². The summed E-state index contributed by atoms with van der Waals surface area (Å²) in [7, 11) is 0. The number of rotatable bonds is 8. The van der Waals surface area contributed by atoms with E-state index in [1.807, 2.05) is 0 Å². The van der Waals surface area contributed by atoms with Crippen LogP contribution >= 0.6 is 0 Å². The number of carboxylic acid groups (broad SMARTS) is 1. The molecule has 1 unspecified atom stereocenters. The van der Waals surface area contributed by atoms with Gasteiger partial charge in [0, 0.05) is 6.42 Å². The van der Waals surface area contributed by atoms with E-state index in [-0.39, 0.29) is 11.5 Å². The van der Waals surface area contributed by atoms with E-state index in [4.69, 9.17) is 10.8 Å². The molecule has 0 saturated carbocycles. The molecule has 0 aliphatic heterocycles. The summed E-state index contributed by atoms with van der Waals surface area (Å²) < 4.78 is 0. The predicted molar refractivity (Wildman–Crippen MR) is 83.3 cm³/mol. The second kappa shape index (κ2) is 8.42. The molecule has 0 aliphatic carbocycles. The quantitative estimate of drug-likeness (QED) is 0.687. The van der Waals surface area contributed by atoms with Gasteiger partial charge in [0.15, 0.2) is 0 Å². The van der Waals surface area contributed by atoms with Crippen LogP contribution in [0.25, 0.3) is 0 Å². The van der Waals surface area contributed by atoms with Crippen molar-refractivity contribution in [3.8, 4) is 0 Å². The fraction of sp³-hybridized carbons (Fsp3) is 0.500. The van der Waals surface area contributed by atoms with Crippen molar-refractivity contribution in [2.75, 3.05) is 11.9 Å². The SMILES string of the molecule is CC(C)C(CCN)CCC(=O)Nc1ccccc1C(=O)O. The average molecular weight is 292 g/mol. The minimum absolute atomic E-state index is 0.105. The molecule has 116 valence electrons. The maximum atomic E-state index is 12.0. The number of nitrogens with one attached hydrogen (secondary N) is 1. The number of para-hydroxylation sites is 1. The number of hydrogen-bond acceptors (Lipinski definition) is 3. The van der Waals surface area contributed by atoms with Crippen molar-refractivity contribution in [1.29, 1.82) is 0 Å². The number of anilines is 1. The normalized spacial score (nSPS) is 12.2. The first kappa shape index (κ1) is 17.2. The summed E-state index contributed by atoms with van der Waals surface area (Å²) in [6.45, 7) is 4.86. The van der Waals surface area contributed by atoms with Gasteiger partial charge < -0.3 is 16.2 Å². The summed E-state index contributed by atoms with van der Waals surface area (Å²) in [5, 5.41) is 11.8. The summed E-state index contributed by atoms with van der Waals surface area (Å²) in [5.74, 6) is -0.316. The van der Waals surface area contributed by atoms with Crippen LogP contribution in [-0.2, 0) is 4.79 Å². The Morgan fingerprint density at radius 3 is 2.48 bits per heavy atom. The standard InChI is InChI=1S/C16H24N2O3/c1-11(2)12(9-10-17)7-8-15(19)18-14-6-4-3-5-13(14)16(20)21/h3-6,11-12H,7-10,17H2,1-2H3,(H,18,19)(H,20,21). The maximum absolute atomic E-state index is 12.0. The molecule has 0 spiro atoms. The third-order valence-corrected chi connectivity index (χ3v) is 3.65. The van der Waals surface area contributed by atoms with Crippen molar-refractivity contribution in [2.45, 2.75) is 33.1 Å². The van der Waals surface area contributed by atoms with Gasteiger partial charge in [-0.1, -0.05) is 26.0 Å². The van der Waals surface area contributed by atoms with E-state index in [1.54, 1.807) is 18.2 Å². The largest absolute Gasteiger partial charge is 0.478 e. The van der Waals surface area contributed by atoms with Crippen LogP contribution in [0.4, 0.5) is 5.69 Å². The Bertz CT molecular complexity index is 486. The van der Waals surface area contributed by atoms with Crippen LogP contribution < -0.4 is 11.1 Å². The predicted octanol–water partition coefficient (Wildman–Crippen LogP) is 2.72. The lowest BCUT2D eigenvalue weighted by Gasteiger charge is -2.19. The monoisotopic (exact) mass is 292 g/mol. The molecule has 0 radical (unpaired) electrons. The number of amides is 1. The highest BCUT2D eigenvalue weighted by atomic mass is 16.4. The van der Waals surface area contributed by atoms with Crippen molar-refractivity contribution in [1.82, 2.24) is 0 Å². The minimum atomic E-state index is -1.05. The van der Waals surface area contributed by atoms with Gasteiger partial charge in [0.05, 0.1) is 11.3 Å². The molecule has 0 heterocycles. The zero-order chi connectivity index (χ0) is 15.8. The topological polar surface area (TPSA) is 92.4 Å². The third kappa shape index (κ3) is 5.55. The van der Waals surface area contributed by atoms with E-state index in [0.29, 0.717) is 30.5 Å².